The van der Waals surface area contributed by atoms with Crippen LogP contribution in [-0.4, -0.2) is 17.4 Å². The van der Waals surface area contributed by atoms with Gasteiger partial charge in [0, 0.05) is 23.9 Å². The molecule has 0 amide bonds. The predicted octanol–water partition coefficient (Wildman–Crippen LogP) is 1.88. The van der Waals surface area contributed by atoms with Gasteiger partial charge < -0.3 is 4.74 Å². The number of carbonyl (C=O) groups is 1. The molecule has 1 aliphatic heterocycles. The molecule has 1 aromatic heterocycles. The third kappa shape index (κ3) is 1.66. The summed E-state index contributed by atoms with van der Waals surface area (Å²) in [6.45, 7) is 2.48. The van der Waals surface area contributed by atoms with Crippen LogP contribution in [0.1, 0.15) is 22.5 Å². The van der Waals surface area contributed by atoms with Gasteiger partial charge in [-0.3, -0.25) is 9.78 Å². The van der Waals surface area contributed by atoms with Gasteiger partial charge in [-0.15, -0.1) is 0 Å². The Labute approximate surface area is 82.4 Å². The van der Waals surface area contributed by atoms with E-state index in [1.54, 1.807) is 18.3 Å². The van der Waals surface area contributed by atoms with Gasteiger partial charge >= 0.3 is 0 Å². The van der Waals surface area contributed by atoms with Crippen LogP contribution in [-0.2, 0) is 4.74 Å². The zero-order valence-corrected chi connectivity index (χ0v) is 7.99. The van der Waals surface area contributed by atoms with E-state index >= 15 is 0 Å². The Morgan fingerprint density at radius 1 is 1.57 bits per heavy atom. The number of Topliss-reactive ketones (excluding diaryl/α,β-unsaturated/α-hetero) is 1. The van der Waals surface area contributed by atoms with Crippen LogP contribution in [0.25, 0.3) is 0 Å². The lowest BCUT2D eigenvalue weighted by Gasteiger charge is -2.02. The molecule has 0 saturated carbocycles. The molecule has 0 aromatic carbocycles. The van der Waals surface area contributed by atoms with Gasteiger partial charge in [0.05, 0.1) is 6.61 Å². The average Bonchev–Trinajstić information content (AvgIpc) is 2.69. The monoisotopic (exact) mass is 189 g/mol. The smallest absolute Gasteiger partial charge is 0.227 e. The number of hydrogen-bond donors (Lipinski definition) is 0. The van der Waals surface area contributed by atoms with E-state index in [2.05, 4.69) is 4.98 Å². The molecule has 3 nitrogen and oxygen atoms in total. The molecule has 0 saturated heterocycles. The molecule has 0 atom stereocenters. The summed E-state index contributed by atoms with van der Waals surface area (Å²) in [5.74, 6) is 0.420. The number of carbonyl (C=O) groups excluding carboxylic acids is 1. The van der Waals surface area contributed by atoms with Crippen molar-refractivity contribution in [3.05, 3.63) is 41.4 Å². The van der Waals surface area contributed by atoms with E-state index in [4.69, 9.17) is 4.74 Å². The van der Waals surface area contributed by atoms with Gasteiger partial charge in [0.1, 0.15) is 0 Å². The van der Waals surface area contributed by atoms with E-state index in [1.807, 2.05) is 13.0 Å². The van der Waals surface area contributed by atoms with Crippen molar-refractivity contribution >= 4 is 5.78 Å². The van der Waals surface area contributed by atoms with Crippen LogP contribution in [0.3, 0.4) is 0 Å². The van der Waals surface area contributed by atoms with E-state index in [1.165, 1.54) is 0 Å². The molecule has 0 unspecified atom stereocenters. The van der Waals surface area contributed by atoms with Crippen LogP contribution >= 0.6 is 0 Å². The first-order valence-corrected chi connectivity index (χ1v) is 4.58. The molecule has 72 valence electrons. The van der Waals surface area contributed by atoms with Gasteiger partial charge in [0.25, 0.3) is 0 Å². The van der Waals surface area contributed by atoms with Crippen molar-refractivity contribution in [2.45, 2.75) is 13.3 Å². The quantitative estimate of drug-likeness (QED) is 0.667. The van der Waals surface area contributed by atoms with E-state index in [0.29, 0.717) is 17.9 Å². The highest BCUT2D eigenvalue weighted by Gasteiger charge is 2.16. The number of aromatic nitrogens is 1. The lowest BCUT2D eigenvalue weighted by molar-refractivity contribution is 0.0942. The first-order valence-electron chi connectivity index (χ1n) is 4.58. The largest absolute Gasteiger partial charge is 0.489 e. The molecular weight excluding hydrogens is 178 g/mol. The molecular formula is C11H11NO2. The minimum absolute atomic E-state index is 0.0481. The third-order valence-corrected chi connectivity index (χ3v) is 2.09. The average molecular weight is 189 g/mol. The van der Waals surface area contributed by atoms with E-state index < -0.39 is 0 Å². The standard InChI is InChI=1S/C11H11NO2/c1-8-7-9(4-5-12-8)11(13)10-3-2-6-14-10/h3-5,7H,2,6H2,1H3. The van der Waals surface area contributed by atoms with Gasteiger partial charge in [-0.1, -0.05) is 0 Å². The number of ketones is 1. The second-order valence-electron chi connectivity index (χ2n) is 3.22. The molecule has 0 fully saturated rings. The summed E-state index contributed by atoms with van der Waals surface area (Å²) in [4.78, 5) is 15.8. The van der Waals surface area contributed by atoms with Crippen molar-refractivity contribution in [3.63, 3.8) is 0 Å². The molecule has 0 N–H and O–H groups in total. The van der Waals surface area contributed by atoms with Gasteiger partial charge in [-0.05, 0) is 25.1 Å². The normalized spacial score (nSPS) is 14.8. The van der Waals surface area contributed by atoms with Crippen LogP contribution < -0.4 is 0 Å². The summed E-state index contributed by atoms with van der Waals surface area (Å²) in [5, 5.41) is 0. The van der Waals surface area contributed by atoms with Crippen molar-refractivity contribution in [1.29, 1.82) is 0 Å². The molecule has 3 heteroatoms. The van der Waals surface area contributed by atoms with Gasteiger partial charge in [-0.2, -0.15) is 0 Å². The molecule has 2 heterocycles. The highest BCUT2D eigenvalue weighted by molar-refractivity contribution is 6.07. The fourth-order valence-electron chi connectivity index (χ4n) is 1.41. The Kier molecular flexibility index (Phi) is 2.31. The molecule has 1 aromatic rings. The maximum absolute atomic E-state index is 11.8. The predicted molar refractivity (Wildman–Crippen MR) is 52.0 cm³/mol. The summed E-state index contributed by atoms with van der Waals surface area (Å²) >= 11 is 0. The number of pyridine rings is 1. The number of aryl methyl sites for hydroxylation is 1. The summed E-state index contributed by atoms with van der Waals surface area (Å²) < 4.78 is 5.20. The van der Waals surface area contributed by atoms with Gasteiger partial charge in [0.15, 0.2) is 5.76 Å². The fourth-order valence-corrected chi connectivity index (χ4v) is 1.41. The molecule has 0 bridgehead atoms. The summed E-state index contributed by atoms with van der Waals surface area (Å²) in [6, 6.07) is 3.47. The van der Waals surface area contributed by atoms with Gasteiger partial charge in [-0.25, -0.2) is 0 Å². The first kappa shape index (κ1) is 8.94. The van der Waals surface area contributed by atoms with Crippen LogP contribution in [0.4, 0.5) is 0 Å². The van der Waals surface area contributed by atoms with Crippen LogP contribution in [0.5, 0.6) is 0 Å². The molecule has 1 aliphatic rings. The third-order valence-electron chi connectivity index (χ3n) is 2.09. The second kappa shape index (κ2) is 3.62. The Morgan fingerprint density at radius 3 is 3.07 bits per heavy atom. The van der Waals surface area contributed by atoms with Gasteiger partial charge in [0.2, 0.25) is 5.78 Å². The van der Waals surface area contributed by atoms with Crippen LogP contribution in [0.2, 0.25) is 0 Å². The number of nitrogens with zero attached hydrogens (tertiary/aromatic N) is 1. The number of allylic oxidation sites excluding steroid dienone is 1. The maximum atomic E-state index is 11.8. The molecule has 0 radical (unpaired) electrons. The molecule has 0 aliphatic carbocycles. The Balaban J connectivity index is 2.27. The Hall–Kier alpha value is -1.64. The van der Waals surface area contributed by atoms with E-state index in [0.717, 1.165) is 12.1 Å². The summed E-state index contributed by atoms with van der Waals surface area (Å²) in [6.07, 6.45) is 4.29. The first-order chi connectivity index (χ1) is 6.77. The zero-order valence-electron chi connectivity index (χ0n) is 7.99. The summed E-state index contributed by atoms with van der Waals surface area (Å²) in [7, 11) is 0. The van der Waals surface area contributed by atoms with Crippen LogP contribution in [0.15, 0.2) is 30.2 Å². The van der Waals surface area contributed by atoms with E-state index in [-0.39, 0.29) is 5.78 Å². The SMILES string of the molecule is Cc1cc(C(=O)C2=CCCO2)ccn1. The maximum Gasteiger partial charge on any atom is 0.227 e. The Bertz CT molecular complexity index is 396. The fraction of sp³-hybridized carbons (Fsp3) is 0.273. The van der Waals surface area contributed by atoms with Crippen molar-refractivity contribution < 1.29 is 9.53 Å². The molecule has 14 heavy (non-hydrogen) atoms. The summed E-state index contributed by atoms with van der Waals surface area (Å²) in [5.41, 5.74) is 1.49. The van der Waals surface area contributed by atoms with Crippen LogP contribution in [0, 0.1) is 6.92 Å². The van der Waals surface area contributed by atoms with Crippen molar-refractivity contribution in [2.75, 3.05) is 6.61 Å². The topological polar surface area (TPSA) is 39.2 Å². The second-order valence-corrected chi connectivity index (χ2v) is 3.22. The number of ether oxygens (including phenoxy) is 1. The minimum Gasteiger partial charge on any atom is -0.489 e. The lowest BCUT2D eigenvalue weighted by atomic mass is 10.1. The van der Waals surface area contributed by atoms with Crippen molar-refractivity contribution in [3.8, 4) is 0 Å². The highest BCUT2D eigenvalue weighted by Crippen LogP contribution is 2.15. The number of rotatable bonds is 2. The van der Waals surface area contributed by atoms with Crippen molar-refractivity contribution in [1.82, 2.24) is 4.98 Å². The number of hydrogen-bond acceptors (Lipinski definition) is 3. The minimum atomic E-state index is -0.0481. The van der Waals surface area contributed by atoms with E-state index in [9.17, 15) is 4.79 Å². The molecule has 0 spiro atoms. The molecule has 2 rings (SSSR count). The highest BCUT2D eigenvalue weighted by atomic mass is 16.5. The Morgan fingerprint density at radius 2 is 2.43 bits per heavy atom. The van der Waals surface area contributed by atoms with Crippen molar-refractivity contribution in [2.24, 2.45) is 0 Å². The lowest BCUT2D eigenvalue weighted by Crippen LogP contribution is -2.04. The zero-order chi connectivity index (χ0) is 9.97.